The molecule has 0 atom stereocenters. The van der Waals surface area contributed by atoms with Crippen LogP contribution in [0.4, 0.5) is 21.7 Å². The molecule has 0 amide bonds. The number of ether oxygens (including phenoxy) is 1. The van der Waals surface area contributed by atoms with Crippen LogP contribution in [0.2, 0.25) is 0 Å². The number of halogens is 1. The first-order valence-corrected chi connectivity index (χ1v) is 9.20. The summed E-state index contributed by atoms with van der Waals surface area (Å²) in [5.74, 6) is 1.76. The number of nitrogens with one attached hydrogen (secondary N) is 1. The molecule has 1 N–H and O–H groups in total. The van der Waals surface area contributed by atoms with Crippen molar-refractivity contribution in [1.82, 2.24) is 9.97 Å². The molecule has 0 aliphatic carbocycles. The van der Waals surface area contributed by atoms with Crippen molar-refractivity contribution in [2.45, 2.75) is 18.9 Å². The molecule has 4 rings (SSSR count). The summed E-state index contributed by atoms with van der Waals surface area (Å²) in [5.41, 5.74) is 0.974. The Morgan fingerprint density at radius 3 is 2.19 bits per heavy atom. The van der Waals surface area contributed by atoms with E-state index in [0.29, 0.717) is 6.04 Å². The minimum atomic E-state index is -0.204. The number of aromatic nitrogens is 2. The van der Waals surface area contributed by atoms with Gasteiger partial charge in [0.05, 0.1) is 13.2 Å². The number of benzene rings is 1. The van der Waals surface area contributed by atoms with E-state index in [4.69, 9.17) is 4.74 Å². The van der Waals surface area contributed by atoms with Crippen LogP contribution in [0.3, 0.4) is 0 Å². The highest BCUT2D eigenvalue weighted by Crippen LogP contribution is 2.23. The van der Waals surface area contributed by atoms with E-state index in [1.807, 2.05) is 0 Å². The Labute approximate surface area is 153 Å². The molecule has 3 heterocycles. The zero-order valence-corrected chi connectivity index (χ0v) is 14.8. The van der Waals surface area contributed by atoms with Crippen LogP contribution < -0.4 is 15.1 Å². The minimum Gasteiger partial charge on any atom is -0.382 e. The van der Waals surface area contributed by atoms with Crippen molar-refractivity contribution in [3.63, 3.8) is 0 Å². The number of piperidine rings is 1. The molecule has 2 aromatic rings. The molecular weight excluding hydrogens is 333 g/mol. The van der Waals surface area contributed by atoms with Gasteiger partial charge in [0.2, 0.25) is 0 Å². The van der Waals surface area contributed by atoms with Gasteiger partial charge in [0.25, 0.3) is 0 Å². The van der Waals surface area contributed by atoms with Gasteiger partial charge in [-0.1, -0.05) is 0 Å². The van der Waals surface area contributed by atoms with E-state index in [-0.39, 0.29) is 5.82 Å². The van der Waals surface area contributed by atoms with E-state index < -0.39 is 0 Å². The fourth-order valence-corrected chi connectivity index (χ4v) is 3.51. The molecule has 0 unspecified atom stereocenters. The second-order valence-corrected chi connectivity index (χ2v) is 6.75. The monoisotopic (exact) mass is 357 g/mol. The molecule has 138 valence electrons. The third-order valence-electron chi connectivity index (χ3n) is 5.01. The first-order valence-electron chi connectivity index (χ1n) is 9.20. The highest BCUT2D eigenvalue weighted by atomic mass is 19.1. The molecule has 2 aliphatic rings. The molecule has 1 aromatic carbocycles. The second kappa shape index (κ2) is 7.86. The molecular formula is C19H24FN5O. The Bertz CT molecular complexity index is 712. The van der Waals surface area contributed by atoms with Crippen molar-refractivity contribution >= 4 is 17.3 Å². The fourth-order valence-electron chi connectivity index (χ4n) is 3.51. The van der Waals surface area contributed by atoms with Gasteiger partial charge >= 0.3 is 0 Å². The molecule has 0 radical (unpaired) electrons. The van der Waals surface area contributed by atoms with Gasteiger partial charge < -0.3 is 19.9 Å². The van der Waals surface area contributed by atoms with Crippen molar-refractivity contribution in [2.24, 2.45) is 0 Å². The summed E-state index contributed by atoms with van der Waals surface area (Å²) in [7, 11) is 0. The van der Waals surface area contributed by atoms with E-state index in [1.165, 1.54) is 12.1 Å². The highest BCUT2D eigenvalue weighted by molar-refractivity contribution is 5.51. The highest BCUT2D eigenvalue weighted by Gasteiger charge is 2.21. The van der Waals surface area contributed by atoms with Crippen molar-refractivity contribution in [3.8, 4) is 0 Å². The Hall–Kier alpha value is -2.41. The van der Waals surface area contributed by atoms with Gasteiger partial charge in [0.15, 0.2) is 0 Å². The number of nitrogens with zero attached hydrogens (tertiary/aromatic N) is 4. The lowest BCUT2D eigenvalue weighted by atomic mass is 10.0. The number of hydrogen-bond acceptors (Lipinski definition) is 6. The van der Waals surface area contributed by atoms with E-state index >= 15 is 0 Å². The van der Waals surface area contributed by atoms with Crippen LogP contribution in [-0.2, 0) is 4.74 Å². The van der Waals surface area contributed by atoms with Crippen molar-refractivity contribution in [3.05, 3.63) is 42.5 Å². The standard InChI is InChI=1S/C19H24FN5O/c20-15-1-3-16(4-2-15)23-17-5-7-24(8-6-17)18-13-19(22-14-21-18)25-9-11-26-12-10-25/h1-4,13-14,17,23H,5-12H2. The SMILES string of the molecule is Fc1ccc(NC2CCN(c3cc(N4CCOCC4)ncn3)CC2)cc1. The quantitative estimate of drug-likeness (QED) is 0.908. The summed E-state index contributed by atoms with van der Waals surface area (Å²) >= 11 is 0. The van der Waals surface area contributed by atoms with Crippen LogP contribution in [0.1, 0.15) is 12.8 Å². The Morgan fingerprint density at radius 1 is 0.923 bits per heavy atom. The van der Waals surface area contributed by atoms with Crippen molar-refractivity contribution in [1.29, 1.82) is 0 Å². The maximum Gasteiger partial charge on any atom is 0.134 e. The summed E-state index contributed by atoms with van der Waals surface area (Å²) in [5, 5.41) is 3.49. The summed E-state index contributed by atoms with van der Waals surface area (Å²) in [6.45, 7) is 5.14. The third kappa shape index (κ3) is 4.04. The molecule has 6 nitrogen and oxygen atoms in total. The zero-order chi connectivity index (χ0) is 17.8. The van der Waals surface area contributed by atoms with Gasteiger partial charge in [0.1, 0.15) is 23.8 Å². The van der Waals surface area contributed by atoms with Crippen LogP contribution in [-0.4, -0.2) is 55.4 Å². The van der Waals surface area contributed by atoms with Gasteiger partial charge in [-0.05, 0) is 37.1 Å². The lowest BCUT2D eigenvalue weighted by Crippen LogP contribution is -2.40. The number of morpholine rings is 1. The lowest BCUT2D eigenvalue weighted by Gasteiger charge is -2.34. The second-order valence-electron chi connectivity index (χ2n) is 6.75. The Balaban J connectivity index is 1.35. The van der Waals surface area contributed by atoms with Crippen LogP contribution in [0.15, 0.2) is 36.7 Å². The van der Waals surface area contributed by atoms with Gasteiger partial charge in [-0.15, -0.1) is 0 Å². The van der Waals surface area contributed by atoms with E-state index in [0.717, 1.165) is 69.6 Å². The summed E-state index contributed by atoms with van der Waals surface area (Å²) < 4.78 is 18.4. The van der Waals surface area contributed by atoms with Gasteiger partial charge in [-0.3, -0.25) is 0 Å². The smallest absolute Gasteiger partial charge is 0.134 e. The van der Waals surface area contributed by atoms with Gasteiger partial charge in [0, 0.05) is 44.0 Å². The maximum atomic E-state index is 13.0. The molecule has 26 heavy (non-hydrogen) atoms. The number of anilines is 3. The van der Waals surface area contributed by atoms with Crippen LogP contribution >= 0.6 is 0 Å². The molecule has 7 heteroatoms. The van der Waals surface area contributed by atoms with E-state index in [1.54, 1.807) is 18.5 Å². The first kappa shape index (κ1) is 17.0. The third-order valence-corrected chi connectivity index (χ3v) is 5.01. The van der Waals surface area contributed by atoms with E-state index in [2.05, 4.69) is 31.2 Å². The molecule has 2 aliphatic heterocycles. The summed E-state index contributed by atoms with van der Waals surface area (Å²) in [6.07, 6.45) is 3.70. The average Bonchev–Trinajstić information content (AvgIpc) is 2.71. The van der Waals surface area contributed by atoms with E-state index in [9.17, 15) is 4.39 Å². The number of rotatable bonds is 4. The predicted molar refractivity (Wildman–Crippen MR) is 100 cm³/mol. The molecule has 1 aromatic heterocycles. The molecule has 0 spiro atoms. The van der Waals surface area contributed by atoms with Crippen molar-refractivity contribution in [2.75, 3.05) is 54.5 Å². The Kier molecular flexibility index (Phi) is 5.15. The normalized spacial score (nSPS) is 18.8. The molecule has 0 saturated carbocycles. The topological polar surface area (TPSA) is 53.5 Å². The van der Waals surface area contributed by atoms with Gasteiger partial charge in [-0.25, -0.2) is 14.4 Å². The summed E-state index contributed by atoms with van der Waals surface area (Å²) in [4.78, 5) is 13.5. The van der Waals surface area contributed by atoms with Gasteiger partial charge in [-0.2, -0.15) is 0 Å². The van der Waals surface area contributed by atoms with Crippen molar-refractivity contribution < 1.29 is 9.13 Å². The average molecular weight is 357 g/mol. The lowest BCUT2D eigenvalue weighted by molar-refractivity contribution is 0.122. The largest absolute Gasteiger partial charge is 0.382 e. The predicted octanol–water partition coefficient (Wildman–Crippen LogP) is 2.53. The molecule has 2 saturated heterocycles. The minimum absolute atomic E-state index is 0.204. The zero-order valence-electron chi connectivity index (χ0n) is 14.8. The molecule has 2 fully saturated rings. The maximum absolute atomic E-state index is 13.0. The number of hydrogen-bond donors (Lipinski definition) is 1. The Morgan fingerprint density at radius 2 is 1.54 bits per heavy atom. The van der Waals surface area contributed by atoms with Crippen LogP contribution in [0, 0.1) is 5.82 Å². The summed E-state index contributed by atoms with van der Waals surface area (Å²) in [6, 6.07) is 9.05. The fraction of sp³-hybridized carbons (Fsp3) is 0.474. The van der Waals surface area contributed by atoms with Crippen LogP contribution in [0.5, 0.6) is 0 Å². The first-order chi connectivity index (χ1) is 12.8. The molecule has 0 bridgehead atoms. The van der Waals surface area contributed by atoms with Crippen LogP contribution in [0.25, 0.3) is 0 Å².